The predicted molar refractivity (Wildman–Crippen MR) is 114 cm³/mol. The zero-order chi connectivity index (χ0) is 19.6. The van der Waals surface area contributed by atoms with E-state index in [1.54, 1.807) is 0 Å². The lowest BCUT2D eigenvalue weighted by molar-refractivity contribution is -0.137. The molecule has 4 heterocycles. The molecule has 0 unspecified atom stereocenters. The molecule has 2 aromatic rings. The van der Waals surface area contributed by atoms with Crippen molar-refractivity contribution in [2.75, 3.05) is 19.6 Å². The number of carbonyl (C=O) groups excluding carboxylic acids is 1. The van der Waals surface area contributed by atoms with Gasteiger partial charge in [-0.1, -0.05) is 36.4 Å². The van der Waals surface area contributed by atoms with Gasteiger partial charge in [0.1, 0.15) is 0 Å². The molecular weight excluding hydrogens is 358 g/mol. The monoisotopic (exact) mass is 389 g/mol. The van der Waals surface area contributed by atoms with E-state index >= 15 is 0 Å². The number of fused-ring (bicyclic) bond motifs is 1. The lowest BCUT2D eigenvalue weighted by Gasteiger charge is -2.34. The van der Waals surface area contributed by atoms with E-state index in [2.05, 4.69) is 51.2 Å². The lowest BCUT2D eigenvalue weighted by atomic mass is 9.88. The molecule has 4 heteroatoms. The van der Waals surface area contributed by atoms with Crippen LogP contribution in [0.2, 0.25) is 0 Å². The Hall–Kier alpha value is -2.20. The summed E-state index contributed by atoms with van der Waals surface area (Å²) in [4.78, 5) is 22.5. The number of hydrogen-bond donors (Lipinski definition) is 0. The minimum absolute atomic E-state index is 0.178. The van der Waals surface area contributed by atoms with Gasteiger partial charge in [0.05, 0.1) is 5.92 Å². The van der Waals surface area contributed by atoms with Crippen molar-refractivity contribution >= 4 is 5.91 Å². The highest BCUT2D eigenvalue weighted by Gasteiger charge is 2.48. The van der Waals surface area contributed by atoms with Crippen LogP contribution in [0.25, 0.3) is 0 Å². The Labute approximate surface area is 173 Å². The summed E-state index contributed by atoms with van der Waals surface area (Å²) in [6.07, 6.45) is 10.5. The number of aromatic nitrogens is 1. The molecule has 3 atom stereocenters. The van der Waals surface area contributed by atoms with Crippen LogP contribution in [-0.2, 0) is 11.2 Å². The first-order chi connectivity index (χ1) is 14.3. The molecule has 1 amide bonds. The molecule has 3 fully saturated rings. The van der Waals surface area contributed by atoms with Gasteiger partial charge in [0.25, 0.3) is 0 Å². The Morgan fingerprint density at radius 1 is 1.00 bits per heavy atom. The van der Waals surface area contributed by atoms with Crippen molar-refractivity contribution in [1.82, 2.24) is 14.8 Å². The predicted octanol–water partition coefficient (Wildman–Crippen LogP) is 4.09. The summed E-state index contributed by atoms with van der Waals surface area (Å²) in [6.45, 7) is 2.98. The van der Waals surface area contributed by atoms with Crippen molar-refractivity contribution in [1.29, 1.82) is 0 Å². The number of piperidine rings is 1. The van der Waals surface area contributed by atoms with E-state index in [9.17, 15) is 4.79 Å². The number of benzene rings is 1. The summed E-state index contributed by atoms with van der Waals surface area (Å²) in [7, 11) is 0. The van der Waals surface area contributed by atoms with Crippen LogP contribution < -0.4 is 0 Å². The number of amides is 1. The van der Waals surface area contributed by atoms with Crippen LogP contribution in [0.15, 0.2) is 54.9 Å². The van der Waals surface area contributed by atoms with Gasteiger partial charge < -0.3 is 4.90 Å². The third-order valence-electron chi connectivity index (χ3n) is 7.36. The Morgan fingerprint density at radius 3 is 2.59 bits per heavy atom. The SMILES string of the molecule is O=C([C@H]1C[C@@H](c2ccccc2)N2CCC[C@H]12)N1CCC(Cc2cccnc2)CC1. The van der Waals surface area contributed by atoms with E-state index in [0.717, 1.165) is 45.3 Å². The first-order valence-corrected chi connectivity index (χ1v) is 11.3. The summed E-state index contributed by atoms with van der Waals surface area (Å²) in [5, 5.41) is 0. The van der Waals surface area contributed by atoms with Crippen LogP contribution in [0.4, 0.5) is 0 Å². The van der Waals surface area contributed by atoms with E-state index < -0.39 is 0 Å². The number of rotatable bonds is 4. The van der Waals surface area contributed by atoms with Gasteiger partial charge in [-0.25, -0.2) is 0 Å². The molecule has 0 aliphatic carbocycles. The average Bonchev–Trinajstić information content (AvgIpc) is 3.38. The summed E-state index contributed by atoms with van der Waals surface area (Å²) >= 11 is 0. The summed E-state index contributed by atoms with van der Waals surface area (Å²) in [6, 6.07) is 15.9. The standard InChI is InChI=1S/C25H31N3O/c29-25(27-14-10-19(11-15-27)16-20-6-4-12-26-18-20)22-17-24(21-7-2-1-3-8-21)28-13-5-9-23(22)28/h1-4,6-8,12,18-19,22-24H,5,9-11,13-17H2/t22-,23+,24-/m0/s1. The molecule has 0 bridgehead atoms. The van der Waals surface area contributed by atoms with Crippen LogP contribution in [0.1, 0.15) is 49.3 Å². The highest BCUT2D eigenvalue weighted by molar-refractivity contribution is 5.80. The number of nitrogens with zero attached hydrogens (tertiary/aromatic N) is 3. The fraction of sp³-hybridized carbons (Fsp3) is 0.520. The fourth-order valence-electron chi connectivity index (χ4n) is 5.88. The van der Waals surface area contributed by atoms with Crippen LogP contribution in [0.5, 0.6) is 0 Å². The Kier molecular flexibility index (Phi) is 5.36. The second-order valence-electron chi connectivity index (χ2n) is 9.05. The van der Waals surface area contributed by atoms with E-state index in [0.29, 0.717) is 23.9 Å². The van der Waals surface area contributed by atoms with Gasteiger partial charge in [0, 0.05) is 37.6 Å². The maximum absolute atomic E-state index is 13.5. The minimum Gasteiger partial charge on any atom is -0.342 e. The quantitative estimate of drug-likeness (QED) is 0.790. The molecule has 3 aliphatic heterocycles. The average molecular weight is 390 g/mol. The van der Waals surface area contributed by atoms with Gasteiger partial charge in [-0.15, -0.1) is 0 Å². The number of pyridine rings is 1. The Morgan fingerprint density at radius 2 is 1.83 bits per heavy atom. The van der Waals surface area contributed by atoms with Gasteiger partial charge >= 0.3 is 0 Å². The van der Waals surface area contributed by atoms with Gasteiger partial charge in [-0.05, 0) is 68.2 Å². The molecule has 29 heavy (non-hydrogen) atoms. The van der Waals surface area contributed by atoms with Crippen LogP contribution in [0.3, 0.4) is 0 Å². The Balaban J connectivity index is 1.22. The molecule has 0 radical (unpaired) electrons. The molecular formula is C25H31N3O. The molecule has 152 valence electrons. The fourth-order valence-corrected chi connectivity index (χ4v) is 5.88. The van der Waals surface area contributed by atoms with Gasteiger partial charge in [0.2, 0.25) is 5.91 Å². The maximum Gasteiger partial charge on any atom is 0.227 e. The molecule has 1 aromatic heterocycles. The zero-order valence-corrected chi connectivity index (χ0v) is 17.1. The zero-order valence-electron chi connectivity index (χ0n) is 17.1. The van der Waals surface area contributed by atoms with Gasteiger partial charge in [-0.2, -0.15) is 0 Å². The molecule has 5 rings (SSSR count). The van der Waals surface area contributed by atoms with Crippen molar-refractivity contribution in [2.24, 2.45) is 11.8 Å². The van der Waals surface area contributed by atoms with Crippen molar-refractivity contribution in [3.8, 4) is 0 Å². The topological polar surface area (TPSA) is 36.4 Å². The van der Waals surface area contributed by atoms with Crippen molar-refractivity contribution in [2.45, 2.75) is 50.6 Å². The molecule has 3 saturated heterocycles. The second-order valence-corrected chi connectivity index (χ2v) is 9.05. The highest BCUT2D eigenvalue weighted by Crippen LogP contribution is 2.45. The summed E-state index contributed by atoms with van der Waals surface area (Å²) < 4.78 is 0. The van der Waals surface area contributed by atoms with Gasteiger partial charge in [-0.3, -0.25) is 14.7 Å². The first kappa shape index (κ1) is 18.8. The van der Waals surface area contributed by atoms with E-state index in [4.69, 9.17) is 0 Å². The maximum atomic E-state index is 13.5. The van der Waals surface area contributed by atoms with Gasteiger partial charge in [0.15, 0.2) is 0 Å². The summed E-state index contributed by atoms with van der Waals surface area (Å²) in [5.74, 6) is 1.27. The second kappa shape index (κ2) is 8.27. The van der Waals surface area contributed by atoms with Crippen molar-refractivity contribution in [3.05, 3.63) is 66.0 Å². The van der Waals surface area contributed by atoms with Crippen molar-refractivity contribution in [3.63, 3.8) is 0 Å². The van der Waals surface area contributed by atoms with Crippen LogP contribution in [-0.4, -0.2) is 46.4 Å². The molecule has 0 N–H and O–H groups in total. The molecule has 0 spiro atoms. The minimum atomic E-state index is 0.178. The van der Waals surface area contributed by atoms with Crippen LogP contribution >= 0.6 is 0 Å². The smallest absolute Gasteiger partial charge is 0.227 e. The number of carbonyl (C=O) groups is 1. The van der Waals surface area contributed by atoms with E-state index in [1.807, 2.05) is 18.5 Å². The number of likely N-dealkylation sites (tertiary alicyclic amines) is 1. The third-order valence-corrected chi connectivity index (χ3v) is 7.36. The molecule has 3 aliphatic rings. The highest BCUT2D eigenvalue weighted by atomic mass is 16.2. The Bertz CT molecular complexity index is 816. The summed E-state index contributed by atoms with van der Waals surface area (Å²) in [5.41, 5.74) is 2.70. The molecule has 4 nitrogen and oxygen atoms in total. The first-order valence-electron chi connectivity index (χ1n) is 11.3. The van der Waals surface area contributed by atoms with Crippen LogP contribution in [0, 0.1) is 11.8 Å². The third kappa shape index (κ3) is 3.83. The largest absolute Gasteiger partial charge is 0.342 e. The van der Waals surface area contributed by atoms with Crippen molar-refractivity contribution < 1.29 is 4.79 Å². The number of hydrogen-bond acceptors (Lipinski definition) is 3. The van der Waals surface area contributed by atoms with E-state index in [-0.39, 0.29) is 5.92 Å². The lowest BCUT2D eigenvalue weighted by Crippen LogP contribution is -2.44. The molecule has 1 aromatic carbocycles. The molecule has 0 saturated carbocycles. The van der Waals surface area contributed by atoms with E-state index in [1.165, 1.54) is 24.0 Å². The normalized spacial score (nSPS) is 27.9.